The van der Waals surface area contributed by atoms with Gasteiger partial charge in [-0.1, -0.05) is 26.2 Å². The van der Waals surface area contributed by atoms with Gasteiger partial charge in [-0.05, 0) is 43.7 Å². The summed E-state index contributed by atoms with van der Waals surface area (Å²) in [5, 5.41) is 6.45. The molecule has 3 unspecified atom stereocenters. The SMILES string of the molecule is CC1CCCCC1CNC(=O)CC1CCNC1.Cl. The van der Waals surface area contributed by atoms with Crippen LogP contribution >= 0.6 is 12.4 Å². The van der Waals surface area contributed by atoms with Gasteiger partial charge in [0.1, 0.15) is 0 Å². The molecule has 0 aromatic heterocycles. The third-order valence-electron chi connectivity index (χ3n) is 4.49. The molecule has 106 valence electrons. The molecular formula is C14H27ClN2O. The van der Waals surface area contributed by atoms with E-state index in [0.29, 0.717) is 12.3 Å². The third-order valence-corrected chi connectivity index (χ3v) is 4.49. The van der Waals surface area contributed by atoms with Gasteiger partial charge in [-0.25, -0.2) is 0 Å². The molecule has 1 amide bonds. The summed E-state index contributed by atoms with van der Waals surface area (Å²) in [6.45, 7) is 5.34. The van der Waals surface area contributed by atoms with Crippen molar-refractivity contribution >= 4 is 18.3 Å². The molecule has 0 aromatic rings. The molecule has 1 aliphatic carbocycles. The minimum absolute atomic E-state index is 0. The molecule has 18 heavy (non-hydrogen) atoms. The summed E-state index contributed by atoms with van der Waals surface area (Å²) in [7, 11) is 0. The standard InChI is InChI=1S/C14H26N2O.ClH/c1-11-4-2-3-5-13(11)10-16-14(17)8-12-6-7-15-9-12;/h11-13,15H,2-10H2,1H3,(H,16,17);1H. The molecule has 3 atom stereocenters. The van der Waals surface area contributed by atoms with Gasteiger partial charge < -0.3 is 10.6 Å². The number of halogens is 1. The smallest absolute Gasteiger partial charge is 0.220 e. The van der Waals surface area contributed by atoms with E-state index in [4.69, 9.17) is 0 Å². The fourth-order valence-corrected chi connectivity index (χ4v) is 3.16. The summed E-state index contributed by atoms with van der Waals surface area (Å²) < 4.78 is 0. The van der Waals surface area contributed by atoms with Crippen LogP contribution in [-0.4, -0.2) is 25.5 Å². The fraction of sp³-hybridized carbons (Fsp3) is 0.929. The first kappa shape index (κ1) is 15.8. The first-order chi connectivity index (χ1) is 8.25. The third kappa shape index (κ3) is 4.77. The number of carbonyl (C=O) groups is 1. The van der Waals surface area contributed by atoms with Crippen LogP contribution in [0.15, 0.2) is 0 Å². The topological polar surface area (TPSA) is 41.1 Å². The van der Waals surface area contributed by atoms with Gasteiger partial charge in [0.25, 0.3) is 0 Å². The molecule has 0 bridgehead atoms. The first-order valence-corrected chi connectivity index (χ1v) is 7.23. The van der Waals surface area contributed by atoms with Gasteiger partial charge in [0.05, 0.1) is 0 Å². The Balaban J connectivity index is 0.00000162. The molecule has 0 aromatic carbocycles. The molecule has 0 spiro atoms. The van der Waals surface area contributed by atoms with E-state index < -0.39 is 0 Å². The predicted molar refractivity (Wildman–Crippen MR) is 77.0 cm³/mol. The molecule has 2 N–H and O–H groups in total. The van der Waals surface area contributed by atoms with Crippen molar-refractivity contribution in [3.05, 3.63) is 0 Å². The van der Waals surface area contributed by atoms with Crippen LogP contribution < -0.4 is 10.6 Å². The highest BCUT2D eigenvalue weighted by molar-refractivity contribution is 5.85. The monoisotopic (exact) mass is 274 g/mol. The van der Waals surface area contributed by atoms with Gasteiger partial charge in [-0.15, -0.1) is 12.4 Å². The Hall–Kier alpha value is -0.280. The molecule has 0 radical (unpaired) electrons. The zero-order chi connectivity index (χ0) is 12.1. The van der Waals surface area contributed by atoms with Gasteiger partial charge >= 0.3 is 0 Å². The summed E-state index contributed by atoms with van der Waals surface area (Å²) in [5.41, 5.74) is 0. The van der Waals surface area contributed by atoms with Crippen LogP contribution in [0.5, 0.6) is 0 Å². The summed E-state index contributed by atoms with van der Waals surface area (Å²) in [6.07, 6.45) is 7.23. The van der Waals surface area contributed by atoms with Crippen LogP contribution in [0.3, 0.4) is 0 Å². The number of carbonyl (C=O) groups excluding carboxylic acids is 1. The molecular weight excluding hydrogens is 248 g/mol. The lowest BCUT2D eigenvalue weighted by Gasteiger charge is -2.28. The van der Waals surface area contributed by atoms with E-state index in [2.05, 4.69) is 17.6 Å². The van der Waals surface area contributed by atoms with E-state index in [9.17, 15) is 4.79 Å². The second-order valence-corrected chi connectivity index (χ2v) is 5.89. The molecule has 1 saturated carbocycles. The van der Waals surface area contributed by atoms with E-state index in [1.165, 1.54) is 25.7 Å². The summed E-state index contributed by atoms with van der Waals surface area (Å²) in [4.78, 5) is 11.8. The maximum absolute atomic E-state index is 11.8. The van der Waals surface area contributed by atoms with Crippen molar-refractivity contribution in [1.29, 1.82) is 0 Å². The van der Waals surface area contributed by atoms with Crippen LogP contribution in [0.2, 0.25) is 0 Å². The van der Waals surface area contributed by atoms with Crippen molar-refractivity contribution in [2.45, 2.75) is 45.4 Å². The zero-order valence-electron chi connectivity index (χ0n) is 11.4. The van der Waals surface area contributed by atoms with Crippen LogP contribution in [-0.2, 0) is 4.79 Å². The number of rotatable bonds is 4. The Morgan fingerprint density at radius 2 is 2.06 bits per heavy atom. The Kier molecular flexibility index (Phi) is 7.02. The molecule has 2 rings (SSSR count). The van der Waals surface area contributed by atoms with Crippen LogP contribution in [0.25, 0.3) is 0 Å². The predicted octanol–water partition coefficient (Wildman–Crippen LogP) is 2.35. The number of hydrogen-bond acceptors (Lipinski definition) is 2. The Morgan fingerprint density at radius 3 is 2.72 bits per heavy atom. The van der Waals surface area contributed by atoms with E-state index >= 15 is 0 Å². The molecule has 3 nitrogen and oxygen atoms in total. The van der Waals surface area contributed by atoms with Crippen LogP contribution in [0.4, 0.5) is 0 Å². The van der Waals surface area contributed by atoms with E-state index in [1.54, 1.807) is 0 Å². The second-order valence-electron chi connectivity index (χ2n) is 5.89. The molecule has 2 aliphatic rings. The molecule has 4 heteroatoms. The van der Waals surface area contributed by atoms with E-state index in [1.807, 2.05) is 0 Å². The highest BCUT2D eigenvalue weighted by Gasteiger charge is 2.22. The maximum Gasteiger partial charge on any atom is 0.220 e. The van der Waals surface area contributed by atoms with Gasteiger partial charge in [-0.3, -0.25) is 4.79 Å². The molecule has 1 saturated heterocycles. The molecule has 2 fully saturated rings. The number of nitrogens with one attached hydrogen (secondary N) is 2. The first-order valence-electron chi connectivity index (χ1n) is 7.23. The maximum atomic E-state index is 11.8. The van der Waals surface area contributed by atoms with Crippen molar-refractivity contribution in [1.82, 2.24) is 10.6 Å². The summed E-state index contributed by atoms with van der Waals surface area (Å²) >= 11 is 0. The minimum atomic E-state index is 0. The summed E-state index contributed by atoms with van der Waals surface area (Å²) in [5.74, 6) is 2.34. The average molecular weight is 275 g/mol. The fourth-order valence-electron chi connectivity index (χ4n) is 3.16. The van der Waals surface area contributed by atoms with Gasteiger partial charge in [-0.2, -0.15) is 0 Å². The van der Waals surface area contributed by atoms with Crippen molar-refractivity contribution in [2.24, 2.45) is 17.8 Å². The quantitative estimate of drug-likeness (QED) is 0.826. The molecule has 1 heterocycles. The van der Waals surface area contributed by atoms with Gasteiger partial charge in [0, 0.05) is 13.0 Å². The average Bonchev–Trinajstić information content (AvgIpc) is 2.81. The minimum Gasteiger partial charge on any atom is -0.356 e. The number of amides is 1. The van der Waals surface area contributed by atoms with Crippen molar-refractivity contribution in [2.75, 3.05) is 19.6 Å². The normalized spacial score (nSPS) is 31.7. The van der Waals surface area contributed by atoms with E-state index in [-0.39, 0.29) is 18.3 Å². The Morgan fingerprint density at radius 1 is 1.28 bits per heavy atom. The van der Waals surface area contributed by atoms with Crippen molar-refractivity contribution in [3.63, 3.8) is 0 Å². The van der Waals surface area contributed by atoms with Gasteiger partial charge in [0.2, 0.25) is 5.91 Å². The lowest BCUT2D eigenvalue weighted by Crippen LogP contribution is -2.34. The largest absolute Gasteiger partial charge is 0.356 e. The lowest BCUT2D eigenvalue weighted by atomic mass is 9.80. The van der Waals surface area contributed by atoms with Crippen molar-refractivity contribution in [3.8, 4) is 0 Å². The van der Waals surface area contributed by atoms with Gasteiger partial charge in [0.15, 0.2) is 0 Å². The Labute approximate surface area is 117 Å². The van der Waals surface area contributed by atoms with E-state index in [0.717, 1.165) is 37.9 Å². The van der Waals surface area contributed by atoms with Crippen LogP contribution in [0, 0.1) is 17.8 Å². The highest BCUT2D eigenvalue weighted by atomic mass is 35.5. The zero-order valence-corrected chi connectivity index (χ0v) is 12.2. The molecule has 1 aliphatic heterocycles. The number of hydrogen-bond donors (Lipinski definition) is 2. The van der Waals surface area contributed by atoms with Crippen molar-refractivity contribution < 1.29 is 4.79 Å². The lowest BCUT2D eigenvalue weighted by molar-refractivity contribution is -0.122. The van der Waals surface area contributed by atoms with Crippen LogP contribution in [0.1, 0.15) is 45.4 Å². The highest BCUT2D eigenvalue weighted by Crippen LogP contribution is 2.28. The second kappa shape index (κ2) is 8.00. The summed E-state index contributed by atoms with van der Waals surface area (Å²) in [6, 6.07) is 0. The Bertz CT molecular complexity index is 254.